The molecule has 0 spiro atoms. The fraction of sp³-hybridized carbons (Fsp3) is 0.0435. The van der Waals surface area contributed by atoms with Gasteiger partial charge in [-0.05, 0) is 64.0 Å². The zero-order chi connectivity index (χ0) is 22.0. The third-order valence-corrected chi connectivity index (χ3v) is 7.02. The Kier molecular flexibility index (Phi) is 6.77. The summed E-state index contributed by atoms with van der Waals surface area (Å²) < 4.78 is 20.5. The summed E-state index contributed by atoms with van der Waals surface area (Å²) in [4.78, 5) is 14.9. The summed E-state index contributed by atoms with van der Waals surface area (Å²) in [5.74, 6) is 0.110. The maximum atomic E-state index is 13.7. The molecule has 0 aromatic heterocycles. The topological polar surface area (TPSA) is 29.5 Å². The third kappa shape index (κ3) is 5.01. The molecule has 0 bridgehead atoms. The summed E-state index contributed by atoms with van der Waals surface area (Å²) >= 11 is 16.1. The fourth-order valence-electron chi connectivity index (χ4n) is 2.90. The smallest absolute Gasteiger partial charge is 0.270 e. The number of nitrogens with zero attached hydrogens (tertiary/aromatic N) is 1. The van der Waals surface area contributed by atoms with Gasteiger partial charge in [0.25, 0.3) is 5.91 Å². The van der Waals surface area contributed by atoms with Gasteiger partial charge in [-0.1, -0.05) is 65.9 Å². The molecule has 3 nitrogen and oxygen atoms in total. The number of ether oxygens (including phenoxy) is 1. The van der Waals surface area contributed by atoms with E-state index in [-0.39, 0.29) is 18.3 Å². The van der Waals surface area contributed by atoms with Crippen LogP contribution in [0.15, 0.2) is 76.1 Å². The number of benzene rings is 3. The van der Waals surface area contributed by atoms with Crippen LogP contribution in [0.3, 0.4) is 0 Å². The molecule has 156 valence electrons. The van der Waals surface area contributed by atoms with Crippen molar-refractivity contribution in [2.75, 3.05) is 4.90 Å². The SMILES string of the molecule is O=C1/C(=C\c2ccc(OCc3ccccc3F)cc2)SC(=S)N1c1ccc(Br)c(Cl)c1. The van der Waals surface area contributed by atoms with E-state index in [9.17, 15) is 9.18 Å². The molecule has 1 amide bonds. The second-order valence-corrected chi connectivity index (χ2v) is 9.50. The molecule has 1 heterocycles. The van der Waals surface area contributed by atoms with Gasteiger partial charge < -0.3 is 4.74 Å². The average Bonchev–Trinajstić information content (AvgIpc) is 3.03. The molecule has 4 rings (SSSR count). The number of thiocarbonyl (C=S) groups is 1. The van der Waals surface area contributed by atoms with Gasteiger partial charge in [0.2, 0.25) is 0 Å². The first kappa shape index (κ1) is 22.0. The van der Waals surface area contributed by atoms with Gasteiger partial charge in [0.05, 0.1) is 15.6 Å². The Labute approximate surface area is 202 Å². The lowest BCUT2D eigenvalue weighted by Gasteiger charge is -2.15. The Hall–Kier alpha value is -2.19. The van der Waals surface area contributed by atoms with Crippen LogP contribution in [0, 0.1) is 5.82 Å². The van der Waals surface area contributed by atoms with Crippen molar-refractivity contribution in [3.8, 4) is 5.75 Å². The van der Waals surface area contributed by atoms with Crippen molar-refractivity contribution in [2.45, 2.75) is 6.61 Å². The van der Waals surface area contributed by atoms with Crippen molar-refractivity contribution in [3.05, 3.63) is 98.1 Å². The predicted octanol–water partition coefficient (Wildman–Crippen LogP) is 7.23. The Bertz CT molecular complexity index is 1200. The van der Waals surface area contributed by atoms with E-state index in [1.807, 2.05) is 12.1 Å². The summed E-state index contributed by atoms with van der Waals surface area (Å²) in [6.07, 6.45) is 1.78. The van der Waals surface area contributed by atoms with Crippen LogP contribution in [0.4, 0.5) is 10.1 Å². The Morgan fingerprint density at radius 3 is 2.58 bits per heavy atom. The zero-order valence-electron chi connectivity index (χ0n) is 15.8. The van der Waals surface area contributed by atoms with Crippen LogP contribution >= 0.6 is 51.5 Å². The molecule has 1 aliphatic rings. The van der Waals surface area contributed by atoms with E-state index in [2.05, 4.69) is 15.9 Å². The van der Waals surface area contributed by atoms with Gasteiger partial charge in [-0.25, -0.2) is 4.39 Å². The Morgan fingerprint density at radius 2 is 1.87 bits per heavy atom. The average molecular weight is 535 g/mol. The molecule has 1 fully saturated rings. The van der Waals surface area contributed by atoms with Crippen molar-refractivity contribution in [2.24, 2.45) is 0 Å². The molecular weight excluding hydrogens is 521 g/mol. The molecule has 1 saturated heterocycles. The lowest BCUT2D eigenvalue weighted by Crippen LogP contribution is -2.27. The minimum atomic E-state index is -0.298. The van der Waals surface area contributed by atoms with Gasteiger partial charge in [-0.3, -0.25) is 9.69 Å². The van der Waals surface area contributed by atoms with Crippen molar-refractivity contribution >= 4 is 73.5 Å². The highest BCUT2D eigenvalue weighted by Gasteiger charge is 2.33. The Balaban J connectivity index is 1.47. The van der Waals surface area contributed by atoms with E-state index in [1.165, 1.54) is 22.7 Å². The first-order valence-corrected chi connectivity index (χ1v) is 11.5. The van der Waals surface area contributed by atoms with Gasteiger partial charge in [-0.2, -0.15) is 0 Å². The molecule has 0 atom stereocenters. The number of rotatable bonds is 5. The van der Waals surface area contributed by atoms with Crippen LogP contribution in [-0.4, -0.2) is 10.2 Å². The summed E-state index contributed by atoms with van der Waals surface area (Å²) in [6.45, 7) is 0.139. The van der Waals surface area contributed by atoms with Crippen molar-refractivity contribution in [3.63, 3.8) is 0 Å². The first-order chi connectivity index (χ1) is 14.9. The largest absolute Gasteiger partial charge is 0.489 e. The molecule has 31 heavy (non-hydrogen) atoms. The van der Waals surface area contributed by atoms with E-state index in [4.69, 9.17) is 28.6 Å². The number of thioether (sulfide) groups is 1. The van der Waals surface area contributed by atoms with Gasteiger partial charge in [-0.15, -0.1) is 0 Å². The predicted molar refractivity (Wildman–Crippen MR) is 132 cm³/mol. The number of anilines is 1. The monoisotopic (exact) mass is 533 g/mol. The van der Waals surface area contributed by atoms with E-state index < -0.39 is 0 Å². The summed E-state index contributed by atoms with van der Waals surface area (Å²) in [6, 6.07) is 19.0. The second kappa shape index (κ2) is 9.53. The quantitative estimate of drug-likeness (QED) is 0.255. The van der Waals surface area contributed by atoms with Gasteiger partial charge in [0.1, 0.15) is 18.2 Å². The summed E-state index contributed by atoms with van der Waals surface area (Å²) in [5.41, 5.74) is 1.94. The standard InChI is InChI=1S/C23H14BrClFNO2S2/c24-18-10-7-16(12-19(18)25)27-22(28)21(31-23(27)30)11-14-5-8-17(9-6-14)29-13-15-3-1-2-4-20(15)26/h1-12H,13H2/b21-11+. The van der Waals surface area contributed by atoms with Crippen LogP contribution in [0.1, 0.15) is 11.1 Å². The molecule has 3 aromatic carbocycles. The molecule has 0 N–H and O–H groups in total. The number of halogens is 3. The molecule has 3 aromatic rings. The number of hydrogen-bond acceptors (Lipinski definition) is 4. The summed E-state index contributed by atoms with van der Waals surface area (Å²) in [7, 11) is 0. The number of carbonyl (C=O) groups excluding carboxylic acids is 1. The minimum absolute atomic E-state index is 0.139. The van der Waals surface area contributed by atoms with Crippen LogP contribution in [0.5, 0.6) is 5.75 Å². The molecule has 0 saturated carbocycles. The number of hydrogen-bond donors (Lipinski definition) is 0. The lowest BCUT2D eigenvalue weighted by molar-refractivity contribution is -0.113. The number of amides is 1. The molecular formula is C23H14BrClFNO2S2. The highest BCUT2D eigenvalue weighted by Crippen LogP contribution is 2.38. The highest BCUT2D eigenvalue weighted by atomic mass is 79.9. The minimum Gasteiger partial charge on any atom is -0.489 e. The fourth-order valence-corrected chi connectivity index (χ4v) is 4.62. The highest BCUT2D eigenvalue weighted by molar-refractivity contribution is 9.10. The molecule has 0 unspecified atom stereocenters. The van der Waals surface area contributed by atoms with Crippen molar-refractivity contribution < 1.29 is 13.9 Å². The number of carbonyl (C=O) groups is 1. The van der Waals surface area contributed by atoms with Crippen LogP contribution in [0.25, 0.3) is 6.08 Å². The third-order valence-electron chi connectivity index (χ3n) is 4.49. The molecule has 1 aliphatic heterocycles. The second-order valence-electron chi connectivity index (χ2n) is 6.56. The molecule has 0 radical (unpaired) electrons. The van der Waals surface area contributed by atoms with Gasteiger partial charge >= 0.3 is 0 Å². The van der Waals surface area contributed by atoms with Crippen LogP contribution < -0.4 is 9.64 Å². The van der Waals surface area contributed by atoms with Crippen molar-refractivity contribution in [1.29, 1.82) is 0 Å². The normalized spacial score (nSPS) is 15.1. The lowest BCUT2D eigenvalue weighted by atomic mass is 10.2. The van der Waals surface area contributed by atoms with Crippen LogP contribution in [-0.2, 0) is 11.4 Å². The van der Waals surface area contributed by atoms with E-state index >= 15 is 0 Å². The first-order valence-electron chi connectivity index (χ1n) is 9.11. The van der Waals surface area contributed by atoms with Crippen molar-refractivity contribution in [1.82, 2.24) is 0 Å². The van der Waals surface area contributed by atoms with Crippen LogP contribution in [0.2, 0.25) is 5.02 Å². The maximum absolute atomic E-state index is 13.7. The Morgan fingerprint density at radius 1 is 1.13 bits per heavy atom. The van der Waals surface area contributed by atoms with Gasteiger partial charge in [0, 0.05) is 10.0 Å². The molecule has 0 aliphatic carbocycles. The van der Waals surface area contributed by atoms with E-state index in [1.54, 1.807) is 54.6 Å². The zero-order valence-corrected chi connectivity index (χ0v) is 19.8. The summed E-state index contributed by atoms with van der Waals surface area (Å²) in [5, 5.41) is 0.501. The van der Waals surface area contributed by atoms with E-state index in [0.717, 1.165) is 10.0 Å². The maximum Gasteiger partial charge on any atom is 0.270 e. The van der Waals surface area contributed by atoms with E-state index in [0.29, 0.717) is 31.2 Å². The van der Waals surface area contributed by atoms with Gasteiger partial charge in [0.15, 0.2) is 4.32 Å². The molecule has 8 heteroatoms.